The Bertz CT molecular complexity index is 611. The van der Waals surface area contributed by atoms with Gasteiger partial charge >= 0.3 is 0 Å². The van der Waals surface area contributed by atoms with Gasteiger partial charge in [0.1, 0.15) is 0 Å². The topological polar surface area (TPSA) is 63.4 Å². The molecule has 1 aromatic carbocycles. The van der Waals surface area contributed by atoms with Gasteiger partial charge in [-0.05, 0) is 62.3 Å². The van der Waals surface area contributed by atoms with Crippen molar-refractivity contribution in [3.8, 4) is 0 Å². The second-order valence-electron chi connectivity index (χ2n) is 6.09. The highest BCUT2D eigenvalue weighted by Crippen LogP contribution is 2.29. The molecule has 0 radical (unpaired) electrons. The van der Waals surface area contributed by atoms with Crippen molar-refractivity contribution < 1.29 is 8.42 Å². The summed E-state index contributed by atoms with van der Waals surface area (Å²) in [5.74, 6) is 0.647. The van der Waals surface area contributed by atoms with Crippen molar-refractivity contribution in [3.05, 3.63) is 23.3 Å². The molecule has 0 aliphatic carbocycles. The smallest absolute Gasteiger partial charge is 0.243 e. The molecule has 2 N–H and O–H groups in total. The molecule has 0 spiro atoms. The number of rotatable bonds is 3. The van der Waals surface area contributed by atoms with E-state index in [-0.39, 0.29) is 0 Å². The van der Waals surface area contributed by atoms with Gasteiger partial charge in [0.25, 0.3) is 0 Å². The van der Waals surface area contributed by atoms with Crippen molar-refractivity contribution in [2.75, 3.05) is 18.8 Å². The van der Waals surface area contributed by atoms with Crippen LogP contribution in [0.25, 0.3) is 0 Å². The first kappa shape index (κ1) is 16.3. The molecule has 0 bridgehead atoms. The van der Waals surface area contributed by atoms with Crippen LogP contribution < -0.4 is 5.73 Å². The molecule has 1 aliphatic rings. The van der Waals surface area contributed by atoms with E-state index in [0.29, 0.717) is 35.2 Å². The summed E-state index contributed by atoms with van der Waals surface area (Å²) in [6.07, 6.45) is 4.15. The normalized spacial score (nSPS) is 21.2. The highest BCUT2D eigenvalue weighted by Gasteiger charge is 2.29. The van der Waals surface area contributed by atoms with Crippen LogP contribution >= 0.6 is 0 Å². The summed E-state index contributed by atoms with van der Waals surface area (Å²) in [5, 5.41) is 0. The molecule has 5 heteroatoms. The van der Waals surface area contributed by atoms with Crippen molar-refractivity contribution in [2.45, 2.75) is 51.3 Å². The monoisotopic (exact) mass is 310 g/mol. The average Bonchev–Trinajstić information content (AvgIpc) is 2.68. The van der Waals surface area contributed by atoms with E-state index in [4.69, 9.17) is 5.73 Å². The maximum Gasteiger partial charge on any atom is 0.243 e. The molecule has 21 heavy (non-hydrogen) atoms. The van der Waals surface area contributed by atoms with E-state index in [9.17, 15) is 8.42 Å². The van der Waals surface area contributed by atoms with E-state index < -0.39 is 10.0 Å². The minimum atomic E-state index is -3.44. The third kappa shape index (κ3) is 3.40. The highest BCUT2D eigenvalue weighted by atomic mass is 32.2. The largest absolute Gasteiger partial charge is 0.398 e. The fourth-order valence-corrected chi connectivity index (χ4v) is 4.88. The second kappa shape index (κ2) is 6.36. The standard InChI is InChI=1S/C16H26N2O2S/c1-4-14-6-5-8-18(9-7-14)21(19,20)16-11-12(2)10-15(17)13(16)3/h10-11,14H,4-9,17H2,1-3H3. The highest BCUT2D eigenvalue weighted by molar-refractivity contribution is 7.89. The molecule has 118 valence electrons. The minimum absolute atomic E-state index is 0.370. The zero-order chi connectivity index (χ0) is 15.6. The van der Waals surface area contributed by atoms with E-state index in [2.05, 4.69) is 6.92 Å². The summed E-state index contributed by atoms with van der Waals surface area (Å²) in [4.78, 5) is 0.370. The van der Waals surface area contributed by atoms with E-state index in [1.165, 1.54) is 0 Å². The van der Waals surface area contributed by atoms with Gasteiger partial charge in [-0.3, -0.25) is 0 Å². The number of hydrogen-bond acceptors (Lipinski definition) is 3. The zero-order valence-electron chi connectivity index (χ0n) is 13.2. The summed E-state index contributed by atoms with van der Waals surface area (Å²) in [5.41, 5.74) is 8.04. The lowest BCUT2D eigenvalue weighted by Gasteiger charge is -2.22. The molecule has 4 nitrogen and oxygen atoms in total. The third-order valence-corrected chi connectivity index (χ3v) is 6.57. The minimum Gasteiger partial charge on any atom is -0.398 e. The van der Waals surface area contributed by atoms with Crippen LogP contribution in [0.5, 0.6) is 0 Å². The fraction of sp³-hybridized carbons (Fsp3) is 0.625. The number of hydrogen-bond donors (Lipinski definition) is 1. The molecule has 1 aromatic rings. The van der Waals surface area contributed by atoms with Gasteiger partial charge in [0, 0.05) is 18.8 Å². The Hall–Kier alpha value is -1.07. The number of benzene rings is 1. The van der Waals surface area contributed by atoms with Crippen LogP contribution in [0.3, 0.4) is 0 Å². The molecule has 1 saturated heterocycles. The van der Waals surface area contributed by atoms with Crippen LogP contribution in [0, 0.1) is 19.8 Å². The predicted octanol–water partition coefficient (Wildman–Crippen LogP) is 3.09. The molecule has 1 unspecified atom stereocenters. The molecule has 1 atom stereocenters. The van der Waals surface area contributed by atoms with Gasteiger partial charge in [-0.2, -0.15) is 4.31 Å². The lowest BCUT2D eigenvalue weighted by atomic mass is 9.98. The average molecular weight is 310 g/mol. The van der Waals surface area contributed by atoms with Crippen LogP contribution in [-0.2, 0) is 10.0 Å². The van der Waals surface area contributed by atoms with Gasteiger partial charge in [-0.25, -0.2) is 8.42 Å². The molecular weight excluding hydrogens is 284 g/mol. The second-order valence-corrected chi connectivity index (χ2v) is 7.99. The maximum absolute atomic E-state index is 12.9. The number of nitrogens with two attached hydrogens (primary N) is 1. The summed E-state index contributed by atoms with van der Waals surface area (Å²) in [6.45, 7) is 7.08. The van der Waals surface area contributed by atoms with Crippen molar-refractivity contribution >= 4 is 15.7 Å². The third-order valence-electron chi connectivity index (χ3n) is 4.55. The Morgan fingerprint density at radius 2 is 1.95 bits per heavy atom. The van der Waals surface area contributed by atoms with E-state index in [1.54, 1.807) is 17.3 Å². The van der Waals surface area contributed by atoms with Gasteiger partial charge in [-0.1, -0.05) is 13.3 Å². The van der Waals surface area contributed by atoms with Gasteiger partial charge in [-0.15, -0.1) is 0 Å². The van der Waals surface area contributed by atoms with E-state index in [0.717, 1.165) is 31.2 Å². The van der Waals surface area contributed by atoms with Crippen LogP contribution in [0.2, 0.25) is 0 Å². The maximum atomic E-state index is 12.9. The molecule has 1 fully saturated rings. The van der Waals surface area contributed by atoms with E-state index in [1.807, 2.05) is 13.0 Å². The first-order valence-electron chi connectivity index (χ1n) is 7.73. The van der Waals surface area contributed by atoms with Gasteiger partial charge in [0.05, 0.1) is 4.90 Å². The quantitative estimate of drug-likeness (QED) is 0.873. The van der Waals surface area contributed by atoms with Crippen LogP contribution in [-0.4, -0.2) is 25.8 Å². The first-order chi connectivity index (χ1) is 9.86. The van der Waals surface area contributed by atoms with Crippen LogP contribution in [0.4, 0.5) is 5.69 Å². The lowest BCUT2D eigenvalue weighted by molar-refractivity contribution is 0.407. The molecule has 0 saturated carbocycles. The molecule has 0 aromatic heterocycles. The van der Waals surface area contributed by atoms with Gasteiger partial charge in [0.15, 0.2) is 0 Å². The summed E-state index contributed by atoms with van der Waals surface area (Å²) in [6, 6.07) is 3.56. The zero-order valence-corrected chi connectivity index (χ0v) is 14.0. The molecule has 1 heterocycles. The number of sulfonamides is 1. The predicted molar refractivity (Wildman–Crippen MR) is 86.7 cm³/mol. The Kier molecular flexibility index (Phi) is 4.94. The Morgan fingerprint density at radius 3 is 2.62 bits per heavy atom. The Labute approximate surface area is 128 Å². The number of nitrogens with zero attached hydrogens (tertiary/aromatic N) is 1. The lowest BCUT2D eigenvalue weighted by Crippen LogP contribution is -2.32. The Morgan fingerprint density at radius 1 is 1.24 bits per heavy atom. The van der Waals surface area contributed by atoms with Crippen LogP contribution in [0.1, 0.15) is 43.7 Å². The van der Waals surface area contributed by atoms with Crippen molar-refractivity contribution in [3.63, 3.8) is 0 Å². The Balaban J connectivity index is 2.34. The van der Waals surface area contributed by atoms with E-state index >= 15 is 0 Å². The molecule has 1 aliphatic heterocycles. The number of anilines is 1. The van der Waals surface area contributed by atoms with Crippen molar-refractivity contribution in [1.29, 1.82) is 0 Å². The molecule has 0 amide bonds. The number of aryl methyl sites for hydroxylation is 1. The summed E-state index contributed by atoms with van der Waals surface area (Å²) in [7, 11) is -3.44. The van der Waals surface area contributed by atoms with Crippen LogP contribution in [0.15, 0.2) is 17.0 Å². The van der Waals surface area contributed by atoms with Crippen molar-refractivity contribution in [2.24, 2.45) is 5.92 Å². The first-order valence-corrected chi connectivity index (χ1v) is 9.17. The summed E-state index contributed by atoms with van der Waals surface area (Å²) >= 11 is 0. The van der Waals surface area contributed by atoms with Gasteiger partial charge in [0.2, 0.25) is 10.0 Å². The SMILES string of the molecule is CCC1CCCN(S(=O)(=O)c2cc(C)cc(N)c2C)CC1. The molecular formula is C16H26N2O2S. The van der Waals surface area contributed by atoms with Crippen molar-refractivity contribution in [1.82, 2.24) is 4.31 Å². The number of nitrogen functional groups attached to an aromatic ring is 1. The van der Waals surface area contributed by atoms with Gasteiger partial charge < -0.3 is 5.73 Å². The molecule has 2 rings (SSSR count). The fourth-order valence-electron chi connectivity index (χ4n) is 3.05. The summed E-state index contributed by atoms with van der Waals surface area (Å²) < 4.78 is 27.5.